The summed E-state index contributed by atoms with van der Waals surface area (Å²) in [5.74, 6) is 0.595. The summed E-state index contributed by atoms with van der Waals surface area (Å²) in [5.41, 5.74) is 2.57. The first kappa shape index (κ1) is 17.1. The van der Waals surface area contributed by atoms with Gasteiger partial charge < -0.3 is 4.90 Å². The second kappa shape index (κ2) is 6.84. The van der Waals surface area contributed by atoms with E-state index >= 15 is 0 Å². The van der Waals surface area contributed by atoms with Gasteiger partial charge in [-0.2, -0.15) is 9.78 Å². The Hall–Kier alpha value is -2.05. The molecular formula is C21H24N4OS. The summed E-state index contributed by atoms with van der Waals surface area (Å²) in [6.45, 7) is 4.45. The number of hydrogen-bond acceptors (Lipinski definition) is 5. The molecule has 1 aliphatic heterocycles. The number of hydrogen-bond donors (Lipinski definition) is 0. The van der Waals surface area contributed by atoms with Crippen LogP contribution in [0.15, 0.2) is 35.1 Å². The number of likely N-dealkylation sites (tertiary alicyclic amines) is 1. The van der Waals surface area contributed by atoms with Gasteiger partial charge in [0.25, 0.3) is 5.56 Å². The standard InChI is InChI=1S/C21H24N4OS/c1-14-5-8-20(26)25(23-14)16-6-7-18-19(13-16)27-21(22-18)15-11-17(12-15)24-9-3-2-4-10-24/h5-8,13,15,17H,2-4,9-12H2,1H3. The largest absolute Gasteiger partial charge is 0.300 e. The molecule has 1 aromatic carbocycles. The van der Waals surface area contributed by atoms with E-state index in [4.69, 9.17) is 4.98 Å². The Kier molecular flexibility index (Phi) is 4.32. The number of aryl methyl sites for hydroxylation is 1. The maximum atomic E-state index is 12.1. The summed E-state index contributed by atoms with van der Waals surface area (Å²) < 4.78 is 2.61. The molecule has 2 aromatic heterocycles. The lowest BCUT2D eigenvalue weighted by atomic mass is 9.79. The van der Waals surface area contributed by atoms with Gasteiger partial charge in [-0.15, -0.1) is 11.3 Å². The van der Waals surface area contributed by atoms with Crippen molar-refractivity contribution in [3.8, 4) is 5.69 Å². The average molecular weight is 381 g/mol. The van der Waals surface area contributed by atoms with Crippen LogP contribution in [0, 0.1) is 6.92 Å². The minimum absolute atomic E-state index is 0.104. The van der Waals surface area contributed by atoms with Gasteiger partial charge in [-0.25, -0.2) is 4.98 Å². The zero-order chi connectivity index (χ0) is 18.4. The molecule has 0 bridgehead atoms. The monoisotopic (exact) mass is 380 g/mol. The van der Waals surface area contributed by atoms with Crippen LogP contribution < -0.4 is 5.56 Å². The first-order valence-corrected chi connectivity index (χ1v) is 10.7. The van der Waals surface area contributed by atoms with Crippen LogP contribution in [0.5, 0.6) is 0 Å². The van der Waals surface area contributed by atoms with Gasteiger partial charge in [-0.3, -0.25) is 4.79 Å². The van der Waals surface area contributed by atoms with Crippen molar-refractivity contribution in [3.05, 3.63) is 51.4 Å². The second-order valence-corrected chi connectivity index (χ2v) is 8.91. The van der Waals surface area contributed by atoms with Crippen LogP contribution >= 0.6 is 11.3 Å². The lowest BCUT2D eigenvalue weighted by Gasteiger charge is -2.43. The second-order valence-electron chi connectivity index (χ2n) is 7.85. The van der Waals surface area contributed by atoms with Crippen LogP contribution in [0.4, 0.5) is 0 Å². The minimum Gasteiger partial charge on any atom is -0.300 e. The van der Waals surface area contributed by atoms with Crippen molar-refractivity contribution >= 4 is 21.6 Å². The average Bonchev–Trinajstić information content (AvgIpc) is 3.06. The van der Waals surface area contributed by atoms with Gasteiger partial charge in [0, 0.05) is 18.0 Å². The number of aromatic nitrogens is 3. The molecule has 6 heteroatoms. The van der Waals surface area contributed by atoms with E-state index in [1.165, 1.54) is 54.9 Å². The van der Waals surface area contributed by atoms with E-state index in [9.17, 15) is 4.79 Å². The molecule has 0 spiro atoms. The Labute approximate surface area is 162 Å². The van der Waals surface area contributed by atoms with Gasteiger partial charge in [0.2, 0.25) is 0 Å². The molecule has 0 atom stereocenters. The molecule has 0 radical (unpaired) electrons. The summed E-state index contributed by atoms with van der Waals surface area (Å²) in [6, 6.07) is 10.1. The van der Waals surface area contributed by atoms with Crippen molar-refractivity contribution in [2.75, 3.05) is 13.1 Å². The van der Waals surface area contributed by atoms with E-state index in [2.05, 4.69) is 10.00 Å². The Morgan fingerprint density at radius 2 is 1.89 bits per heavy atom. The SMILES string of the molecule is Cc1ccc(=O)n(-c2ccc3nc(C4CC(N5CCCCC5)C4)sc3c2)n1. The number of nitrogens with zero attached hydrogens (tertiary/aromatic N) is 4. The van der Waals surface area contributed by atoms with Crippen molar-refractivity contribution in [1.82, 2.24) is 19.7 Å². The lowest BCUT2D eigenvalue weighted by Crippen LogP contribution is -2.46. The van der Waals surface area contributed by atoms with Gasteiger partial charge in [0.15, 0.2) is 0 Å². The highest BCUT2D eigenvalue weighted by molar-refractivity contribution is 7.18. The van der Waals surface area contributed by atoms with E-state index in [0.717, 1.165) is 27.6 Å². The predicted octanol–water partition coefficient (Wildman–Crippen LogP) is 3.88. The highest BCUT2D eigenvalue weighted by Crippen LogP contribution is 2.43. The van der Waals surface area contributed by atoms with Crippen molar-refractivity contribution in [2.24, 2.45) is 0 Å². The number of thiazole rings is 1. The zero-order valence-electron chi connectivity index (χ0n) is 15.6. The molecule has 1 saturated carbocycles. The van der Waals surface area contributed by atoms with Crippen LogP contribution in [0.1, 0.15) is 48.7 Å². The molecular weight excluding hydrogens is 356 g/mol. The smallest absolute Gasteiger partial charge is 0.271 e. The Bertz CT molecular complexity index is 1030. The van der Waals surface area contributed by atoms with E-state index < -0.39 is 0 Å². The quantitative estimate of drug-likeness (QED) is 0.692. The van der Waals surface area contributed by atoms with Gasteiger partial charge in [-0.05, 0) is 70.0 Å². The maximum Gasteiger partial charge on any atom is 0.271 e. The van der Waals surface area contributed by atoms with Crippen LogP contribution in [-0.2, 0) is 0 Å². The fourth-order valence-electron chi connectivity index (χ4n) is 4.30. The van der Waals surface area contributed by atoms with Crippen molar-refractivity contribution in [3.63, 3.8) is 0 Å². The van der Waals surface area contributed by atoms with Crippen molar-refractivity contribution in [2.45, 2.75) is 51.0 Å². The van der Waals surface area contributed by atoms with E-state index in [1.54, 1.807) is 23.5 Å². The normalized spacial score (nSPS) is 23.4. The van der Waals surface area contributed by atoms with Gasteiger partial charge >= 0.3 is 0 Å². The summed E-state index contributed by atoms with van der Waals surface area (Å²) in [4.78, 5) is 19.7. The number of fused-ring (bicyclic) bond motifs is 1. The van der Waals surface area contributed by atoms with Crippen molar-refractivity contribution < 1.29 is 0 Å². The molecule has 3 aromatic rings. The topological polar surface area (TPSA) is 51.0 Å². The fraction of sp³-hybridized carbons (Fsp3) is 0.476. The molecule has 1 aliphatic carbocycles. The third-order valence-corrected chi connectivity index (χ3v) is 7.12. The molecule has 140 valence electrons. The highest BCUT2D eigenvalue weighted by Gasteiger charge is 2.36. The predicted molar refractivity (Wildman–Crippen MR) is 109 cm³/mol. The molecule has 0 N–H and O–H groups in total. The summed E-state index contributed by atoms with van der Waals surface area (Å²) >= 11 is 1.78. The maximum absolute atomic E-state index is 12.1. The summed E-state index contributed by atoms with van der Waals surface area (Å²) in [7, 11) is 0. The molecule has 1 saturated heterocycles. The highest BCUT2D eigenvalue weighted by atomic mass is 32.1. The number of benzene rings is 1. The number of rotatable bonds is 3. The Morgan fingerprint density at radius 1 is 1.07 bits per heavy atom. The lowest BCUT2D eigenvalue weighted by molar-refractivity contribution is 0.0888. The van der Waals surface area contributed by atoms with Crippen LogP contribution in [-0.4, -0.2) is 38.8 Å². The first-order valence-electron chi connectivity index (χ1n) is 9.89. The van der Waals surface area contributed by atoms with Crippen LogP contribution in [0.25, 0.3) is 15.9 Å². The summed E-state index contributed by atoms with van der Waals surface area (Å²) in [6.07, 6.45) is 6.60. The molecule has 3 heterocycles. The van der Waals surface area contributed by atoms with E-state index in [-0.39, 0.29) is 5.56 Å². The van der Waals surface area contributed by atoms with Crippen LogP contribution in [0.2, 0.25) is 0 Å². The van der Waals surface area contributed by atoms with Crippen LogP contribution in [0.3, 0.4) is 0 Å². The van der Waals surface area contributed by atoms with E-state index in [0.29, 0.717) is 5.92 Å². The van der Waals surface area contributed by atoms with Gasteiger partial charge in [0.05, 0.1) is 26.6 Å². The van der Waals surface area contributed by atoms with Crippen molar-refractivity contribution in [1.29, 1.82) is 0 Å². The molecule has 5 rings (SSSR count). The van der Waals surface area contributed by atoms with E-state index in [1.807, 2.05) is 25.1 Å². The molecule has 2 fully saturated rings. The zero-order valence-corrected chi connectivity index (χ0v) is 16.4. The molecule has 27 heavy (non-hydrogen) atoms. The molecule has 0 unspecified atom stereocenters. The third-order valence-electron chi connectivity index (χ3n) is 5.94. The minimum atomic E-state index is -0.104. The van der Waals surface area contributed by atoms with Gasteiger partial charge in [0.1, 0.15) is 0 Å². The Morgan fingerprint density at radius 3 is 2.70 bits per heavy atom. The molecule has 5 nitrogen and oxygen atoms in total. The van der Waals surface area contributed by atoms with Gasteiger partial charge in [-0.1, -0.05) is 6.42 Å². The first-order chi connectivity index (χ1) is 13.2. The number of piperidine rings is 1. The molecule has 0 amide bonds. The fourth-order valence-corrected chi connectivity index (χ4v) is 5.42. The third kappa shape index (κ3) is 3.21. The molecule has 2 aliphatic rings. The summed E-state index contributed by atoms with van der Waals surface area (Å²) in [5, 5.41) is 5.61. The Balaban J connectivity index is 1.37.